The Morgan fingerprint density at radius 2 is 2.07 bits per heavy atom. The molecule has 1 unspecified atom stereocenters. The van der Waals surface area contributed by atoms with Crippen LogP contribution < -0.4 is 5.32 Å². The molecule has 4 nitrogen and oxygen atoms in total. The minimum absolute atomic E-state index is 0.145. The van der Waals surface area contributed by atoms with Crippen LogP contribution >= 0.6 is 0 Å². The first kappa shape index (κ1) is 14.8. The number of aliphatic hydroxyl groups is 1. The van der Waals surface area contributed by atoms with Crippen molar-refractivity contribution in [3.05, 3.63) is 0 Å². The Morgan fingerprint density at radius 3 is 2.60 bits per heavy atom. The Morgan fingerprint density at radius 1 is 1.40 bits per heavy atom. The normalized spacial score (nSPS) is 14.2. The van der Waals surface area contributed by atoms with Crippen LogP contribution in [0.25, 0.3) is 0 Å². The van der Waals surface area contributed by atoms with Crippen LogP contribution in [0.2, 0.25) is 0 Å². The number of rotatable bonds is 9. The molecule has 0 aromatic rings. The molecule has 0 rings (SSSR count). The molecule has 0 amide bonds. The Labute approximate surface area is 93.0 Å². The standard InChI is InChI=1S/C11H25NO3/c1-5-11(2,3)15-9-10(13)8-12-6-7-14-4/h10,12-13H,5-9H2,1-4H3. The molecule has 0 aliphatic heterocycles. The third-order valence-electron chi connectivity index (χ3n) is 2.38. The largest absolute Gasteiger partial charge is 0.389 e. The molecule has 0 spiro atoms. The van der Waals surface area contributed by atoms with E-state index >= 15 is 0 Å². The van der Waals surface area contributed by atoms with E-state index in [1.807, 2.05) is 13.8 Å². The van der Waals surface area contributed by atoms with Crippen LogP contribution in [0.4, 0.5) is 0 Å². The van der Waals surface area contributed by atoms with Crippen molar-refractivity contribution in [3.8, 4) is 0 Å². The maximum atomic E-state index is 9.58. The number of ether oxygens (including phenoxy) is 2. The Balaban J connectivity index is 3.44. The summed E-state index contributed by atoms with van der Waals surface area (Å²) in [5.74, 6) is 0. The molecular weight excluding hydrogens is 194 g/mol. The highest BCUT2D eigenvalue weighted by Gasteiger charge is 2.17. The zero-order chi connectivity index (χ0) is 11.7. The molecule has 0 aliphatic carbocycles. The molecule has 0 saturated carbocycles. The fourth-order valence-electron chi connectivity index (χ4n) is 0.926. The second kappa shape index (κ2) is 8.05. The molecule has 0 aromatic heterocycles. The van der Waals surface area contributed by atoms with E-state index in [9.17, 15) is 5.11 Å². The smallest absolute Gasteiger partial charge is 0.0897 e. The monoisotopic (exact) mass is 219 g/mol. The minimum atomic E-state index is -0.451. The molecule has 0 fully saturated rings. The SMILES string of the molecule is CCC(C)(C)OCC(O)CNCCOC. The topological polar surface area (TPSA) is 50.7 Å². The van der Waals surface area contributed by atoms with Crippen molar-refractivity contribution in [3.63, 3.8) is 0 Å². The predicted octanol–water partition coefficient (Wildman–Crippen LogP) is 0.788. The number of aliphatic hydroxyl groups excluding tert-OH is 1. The molecule has 2 N–H and O–H groups in total. The number of methoxy groups -OCH3 is 1. The number of hydrogen-bond donors (Lipinski definition) is 2. The van der Waals surface area contributed by atoms with Crippen molar-refractivity contribution in [2.45, 2.75) is 38.9 Å². The van der Waals surface area contributed by atoms with Crippen molar-refractivity contribution < 1.29 is 14.6 Å². The molecule has 0 aromatic carbocycles. The quantitative estimate of drug-likeness (QED) is 0.563. The summed E-state index contributed by atoms with van der Waals surface area (Å²) in [6.07, 6.45) is 0.490. The van der Waals surface area contributed by atoms with Gasteiger partial charge in [-0.3, -0.25) is 0 Å². The van der Waals surface area contributed by atoms with E-state index in [0.29, 0.717) is 19.8 Å². The van der Waals surface area contributed by atoms with E-state index in [-0.39, 0.29) is 5.60 Å². The van der Waals surface area contributed by atoms with E-state index in [0.717, 1.165) is 13.0 Å². The van der Waals surface area contributed by atoms with Crippen molar-refractivity contribution in [2.75, 3.05) is 33.4 Å². The lowest BCUT2D eigenvalue weighted by molar-refractivity contribution is -0.0601. The first-order valence-electron chi connectivity index (χ1n) is 5.53. The molecule has 0 radical (unpaired) electrons. The van der Waals surface area contributed by atoms with Gasteiger partial charge in [-0.15, -0.1) is 0 Å². The van der Waals surface area contributed by atoms with Gasteiger partial charge in [0.05, 0.1) is 24.9 Å². The lowest BCUT2D eigenvalue weighted by Gasteiger charge is -2.25. The second-order valence-corrected chi connectivity index (χ2v) is 4.27. The van der Waals surface area contributed by atoms with E-state index in [2.05, 4.69) is 12.2 Å². The highest BCUT2D eigenvalue weighted by molar-refractivity contribution is 4.67. The van der Waals surface area contributed by atoms with E-state index < -0.39 is 6.10 Å². The lowest BCUT2D eigenvalue weighted by atomic mass is 10.1. The van der Waals surface area contributed by atoms with Gasteiger partial charge in [-0.1, -0.05) is 6.92 Å². The van der Waals surface area contributed by atoms with Gasteiger partial charge in [0.25, 0.3) is 0 Å². The molecule has 0 heterocycles. The zero-order valence-electron chi connectivity index (χ0n) is 10.4. The summed E-state index contributed by atoms with van der Waals surface area (Å²) in [4.78, 5) is 0. The maximum absolute atomic E-state index is 9.58. The van der Waals surface area contributed by atoms with Gasteiger partial charge in [0, 0.05) is 20.2 Å². The van der Waals surface area contributed by atoms with Gasteiger partial charge in [0.15, 0.2) is 0 Å². The van der Waals surface area contributed by atoms with Crippen LogP contribution in [0.15, 0.2) is 0 Å². The first-order chi connectivity index (χ1) is 7.02. The average molecular weight is 219 g/mol. The average Bonchev–Trinajstić information content (AvgIpc) is 2.22. The van der Waals surface area contributed by atoms with Gasteiger partial charge in [0.2, 0.25) is 0 Å². The number of hydrogen-bond acceptors (Lipinski definition) is 4. The highest BCUT2D eigenvalue weighted by atomic mass is 16.5. The van der Waals surface area contributed by atoms with Gasteiger partial charge in [0.1, 0.15) is 0 Å². The van der Waals surface area contributed by atoms with Crippen LogP contribution in [-0.2, 0) is 9.47 Å². The summed E-state index contributed by atoms with van der Waals surface area (Å²) in [6.45, 7) is 8.46. The van der Waals surface area contributed by atoms with Gasteiger partial charge >= 0.3 is 0 Å². The van der Waals surface area contributed by atoms with Crippen LogP contribution in [0.1, 0.15) is 27.2 Å². The van der Waals surface area contributed by atoms with Crippen molar-refractivity contribution >= 4 is 0 Å². The Kier molecular flexibility index (Phi) is 7.96. The molecular formula is C11H25NO3. The summed E-state index contributed by atoms with van der Waals surface area (Å²) >= 11 is 0. The fraction of sp³-hybridized carbons (Fsp3) is 1.00. The summed E-state index contributed by atoms with van der Waals surface area (Å²) in [5, 5.41) is 12.7. The highest BCUT2D eigenvalue weighted by Crippen LogP contribution is 2.13. The minimum Gasteiger partial charge on any atom is -0.389 e. The van der Waals surface area contributed by atoms with Crippen molar-refractivity contribution in [2.24, 2.45) is 0 Å². The van der Waals surface area contributed by atoms with Crippen molar-refractivity contribution in [1.82, 2.24) is 5.32 Å². The summed E-state index contributed by atoms with van der Waals surface area (Å²) in [5.41, 5.74) is -0.145. The summed E-state index contributed by atoms with van der Waals surface area (Å²) < 4.78 is 10.5. The summed E-state index contributed by atoms with van der Waals surface area (Å²) in [7, 11) is 1.66. The van der Waals surface area contributed by atoms with Crippen LogP contribution in [0, 0.1) is 0 Å². The molecule has 4 heteroatoms. The second-order valence-electron chi connectivity index (χ2n) is 4.27. The van der Waals surface area contributed by atoms with Crippen LogP contribution in [0.3, 0.4) is 0 Å². The van der Waals surface area contributed by atoms with Crippen molar-refractivity contribution in [1.29, 1.82) is 0 Å². The van der Waals surface area contributed by atoms with Crippen LogP contribution in [0.5, 0.6) is 0 Å². The molecule has 0 saturated heterocycles. The van der Waals surface area contributed by atoms with Gasteiger partial charge < -0.3 is 19.9 Å². The fourth-order valence-corrected chi connectivity index (χ4v) is 0.926. The summed E-state index contributed by atoms with van der Waals surface area (Å²) in [6, 6.07) is 0. The molecule has 0 aliphatic rings. The molecule has 15 heavy (non-hydrogen) atoms. The van der Waals surface area contributed by atoms with Gasteiger partial charge in [-0.2, -0.15) is 0 Å². The Bertz CT molecular complexity index is 151. The predicted molar refractivity (Wildman–Crippen MR) is 61.1 cm³/mol. The van der Waals surface area contributed by atoms with Gasteiger partial charge in [-0.25, -0.2) is 0 Å². The lowest BCUT2D eigenvalue weighted by Crippen LogP contribution is -2.35. The third-order valence-corrected chi connectivity index (χ3v) is 2.38. The molecule has 0 bridgehead atoms. The Hall–Kier alpha value is -0.160. The first-order valence-corrected chi connectivity index (χ1v) is 5.53. The molecule has 92 valence electrons. The van der Waals surface area contributed by atoms with E-state index in [1.165, 1.54) is 0 Å². The van der Waals surface area contributed by atoms with E-state index in [4.69, 9.17) is 9.47 Å². The van der Waals surface area contributed by atoms with E-state index in [1.54, 1.807) is 7.11 Å². The maximum Gasteiger partial charge on any atom is 0.0897 e. The third kappa shape index (κ3) is 8.81. The number of nitrogens with one attached hydrogen (secondary N) is 1. The van der Waals surface area contributed by atoms with Gasteiger partial charge in [-0.05, 0) is 20.3 Å². The van der Waals surface area contributed by atoms with Crippen LogP contribution in [-0.4, -0.2) is 50.2 Å². The molecule has 1 atom stereocenters. The zero-order valence-corrected chi connectivity index (χ0v) is 10.4.